The molecule has 124 valence electrons. The third-order valence-corrected chi connectivity index (χ3v) is 5.65. The predicted octanol–water partition coefficient (Wildman–Crippen LogP) is 3.18. The molecule has 23 heavy (non-hydrogen) atoms. The summed E-state index contributed by atoms with van der Waals surface area (Å²) in [4.78, 5) is 20.5. The van der Waals surface area contributed by atoms with Gasteiger partial charge in [-0.2, -0.15) is 0 Å². The average molecular weight is 333 g/mol. The summed E-state index contributed by atoms with van der Waals surface area (Å²) in [5.41, 5.74) is 2.94. The first-order valence-electron chi connectivity index (χ1n) is 8.07. The fourth-order valence-electron chi connectivity index (χ4n) is 3.28. The van der Waals surface area contributed by atoms with Crippen LogP contribution in [-0.4, -0.2) is 34.5 Å². The molecule has 0 saturated carbocycles. The molecule has 1 unspecified atom stereocenters. The van der Waals surface area contributed by atoms with Crippen molar-refractivity contribution < 1.29 is 9.32 Å². The van der Waals surface area contributed by atoms with Gasteiger partial charge in [-0.05, 0) is 40.0 Å². The van der Waals surface area contributed by atoms with Gasteiger partial charge in [0.05, 0.1) is 22.8 Å². The van der Waals surface area contributed by atoms with Gasteiger partial charge in [0.15, 0.2) is 0 Å². The number of carbonyl (C=O) groups is 1. The summed E-state index contributed by atoms with van der Waals surface area (Å²) in [6.45, 7) is 6.53. The summed E-state index contributed by atoms with van der Waals surface area (Å²) < 4.78 is 5.15. The SMILES string of the molecule is Cc1nc2c(s1)CCCC2CN(C)C(=O)Cc1c(C)noc1C. The van der Waals surface area contributed by atoms with Crippen LogP contribution in [0.15, 0.2) is 4.52 Å². The third-order valence-electron chi connectivity index (χ3n) is 4.61. The summed E-state index contributed by atoms with van der Waals surface area (Å²) >= 11 is 1.80. The molecule has 0 saturated heterocycles. The smallest absolute Gasteiger partial charge is 0.226 e. The van der Waals surface area contributed by atoms with Gasteiger partial charge < -0.3 is 9.42 Å². The van der Waals surface area contributed by atoms with Crippen LogP contribution in [0.5, 0.6) is 0 Å². The monoisotopic (exact) mass is 333 g/mol. The van der Waals surface area contributed by atoms with Crippen molar-refractivity contribution in [3.8, 4) is 0 Å². The molecule has 0 bridgehead atoms. The van der Waals surface area contributed by atoms with Crippen molar-refractivity contribution in [2.45, 2.75) is 52.4 Å². The Morgan fingerprint density at radius 3 is 2.87 bits per heavy atom. The van der Waals surface area contributed by atoms with E-state index in [1.165, 1.54) is 17.0 Å². The van der Waals surface area contributed by atoms with Gasteiger partial charge in [-0.1, -0.05) is 5.16 Å². The second-order valence-electron chi connectivity index (χ2n) is 6.38. The van der Waals surface area contributed by atoms with Crippen LogP contribution in [0.4, 0.5) is 0 Å². The van der Waals surface area contributed by atoms with Crippen molar-refractivity contribution in [2.75, 3.05) is 13.6 Å². The lowest BCUT2D eigenvalue weighted by Crippen LogP contribution is -2.33. The molecule has 0 N–H and O–H groups in total. The van der Waals surface area contributed by atoms with Gasteiger partial charge in [0.1, 0.15) is 5.76 Å². The van der Waals surface area contributed by atoms with Gasteiger partial charge in [0.2, 0.25) is 5.91 Å². The van der Waals surface area contributed by atoms with Crippen molar-refractivity contribution in [1.29, 1.82) is 0 Å². The second kappa shape index (κ2) is 6.43. The number of hydrogen-bond acceptors (Lipinski definition) is 5. The number of nitrogens with zero attached hydrogens (tertiary/aromatic N) is 3. The molecular formula is C17H23N3O2S. The summed E-state index contributed by atoms with van der Waals surface area (Å²) in [7, 11) is 1.88. The lowest BCUT2D eigenvalue weighted by atomic mass is 9.90. The maximum atomic E-state index is 12.5. The van der Waals surface area contributed by atoms with E-state index in [9.17, 15) is 4.79 Å². The molecule has 0 aliphatic heterocycles. The van der Waals surface area contributed by atoms with Gasteiger partial charge in [0, 0.05) is 30.0 Å². The van der Waals surface area contributed by atoms with E-state index < -0.39 is 0 Å². The highest BCUT2D eigenvalue weighted by Gasteiger charge is 2.27. The van der Waals surface area contributed by atoms with Crippen LogP contribution in [0.25, 0.3) is 0 Å². The topological polar surface area (TPSA) is 59.2 Å². The lowest BCUT2D eigenvalue weighted by Gasteiger charge is -2.26. The Hall–Kier alpha value is -1.69. The maximum absolute atomic E-state index is 12.5. The zero-order valence-electron chi connectivity index (χ0n) is 14.2. The van der Waals surface area contributed by atoms with Crippen LogP contribution in [-0.2, 0) is 17.6 Å². The van der Waals surface area contributed by atoms with Crippen LogP contribution in [0, 0.1) is 20.8 Å². The van der Waals surface area contributed by atoms with Crippen molar-refractivity contribution in [2.24, 2.45) is 0 Å². The highest BCUT2D eigenvalue weighted by Crippen LogP contribution is 2.35. The van der Waals surface area contributed by atoms with E-state index in [1.54, 1.807) is 11.3 Å². The minimum absolute atomic E-state index is 0.110. The fourth-order valence-corrected chi connectivity index (χ4v) is 4.34. The molecule has 3 rings (SSSR count). The Morgan fingerprint density at radius 1 is 1.39 bits per heavy atom. The Labute approximate surface area is 140 Å². The molecule has 1 amide bonds. The first-order chi connectivity index (χ1) is 11.0. The normalized spacial score (nSPS) is 17.1. The van der Waals surface area contributed by atoms with Gasteiger partial charge in [-0.3, -0.25) is 4.79 Å². The number of fused-ring (bicyclic) bond motifs is 1. The Morgan fingerprint density at radius 2 is 2.17 bits per heavy atom. The van der Waals surface area contributed by atoms with E-state index in [2.05, 4.69) is 12.1 Å². The van der Waals surface area contributed by atoms with Crippen molar-refractivity contribution in [3.63, 3.8) is 0 Å². The van der Waals surface area contributed by atoms with Crippen LogP contribution in [0.1, 0.15) is 51.4 Å². The van der Waals surface area contributed by atoms with Crippen LogP contribution in [0.2, 0.25) is 0 Å². The molecule has 0 radical (unpaired) electrons. The first-order valence-corrected chi connectivity index (χ1v) is 8.89. The number of likely N-dealkylation sites (N-methyl/N-ethyl adjacent to an activating group) is 1. The number of aromatic nitrogens is 2. The maximum Gasteiger partial charge on any atom is 0.226 e. The van der Waals surface area contributed by atoms with Crippen molar-refractivity contribution >= 4 is 17.2 Å². The zero-order valence-corrected chi connectivity index (χ0v) is 15.0. The van der Waals surface area contributed by atoms with Crippen LogP contribution in [0.3, 0.4) is 0 Å². The number of aryl methyl sites for hydroxylation is 4. The molecule has 0 aromatic carbocycles. The summed E-state index contributed by atoms with van der Waals surface area (Å²) in [5, 5.41) is 5.05. The molecule has 1 aliphatic carbocycles. The van der Waals surface area contributed by atoms with E-state index in [4.69, 9.17) is 9.51 Å². The van der Waals surface area contributed by atoms with E-state index >= 15 is 0 Å². The summed E-state index contributed by atoms with van der Waals surface area (Å²) in [6, 6.07) is 0. The van der Waals surface area contributed by atoms with E-state index in [1.807, 2.05) is 25.8 Å². The molecular weight excluding hydrogens is 310 g/mol. The molecule has 0 fully saturated rings. The standard InChI is InChI=1S/C17H23N3O2S/c1-10-14(11(2)22-19-10)8-16(21)20(4)9-13-6-5-7-15-17(13)18-12(3)23-15/h13H,5-9H2,1-4H3. The molecule has 1 atom stereocenters. The Kier molecular flexibility index (Phi) is 4.53. The highest BCUT2D eigenvalue weighted by atomic mass is 32.1. The number of rotatable bonds is 4. The second-order valence-corrected chi connectivity index (χ2v) is 7.67. The fraction of sp³-hybridized carbons (Fsp3) is 0.588. The average Bonchev–Trinajstić information content (AvgIpc) is 3.04. The van der Waals surface area contributed by atoms with E-state index in [0.29, 0.717) is 12.3 Å². The van der Waals surface area contributed by atoms with Crippen molar-refractivity contribution in [1.82, 2.24) is 15.0 Å². The molecule has 2 heterocycles. The van der Waals surface area contributed by atoms with E-state index in [-0.39, 0.29) is 5.91 Å². The Balaban J connectivity index is 1.67. The molecule has 0 spiro atoms. The lowest BCUT2D eigenvalue weighted by molar-refractivity contribution is -0.129. The van der Waals surface area contributed by atoms with Crippen molar-refractivity contribution in [3.05, 3.63) is 32.6 Å². The van der Waals surface area contributed by atoms with Crippen LogP contribution >= 0.6 is 11.3 Å². The molecule has 6 heteroatoms. The quantitative estimate of drug-likeness (QED) is 0.862. The highest BCUT2D eigenvalue weighted by molar-refractivity contribution is 7.11. The molecule has 2 aromatic heterocycles. The number of thiazole rings is 1. The Bertz CT molecular complexity index is 700. The van der Waals surface area contributed by atoms with Gasteiger partial charge in [-0.25, -0.2) is 4.98 Å². The first kappa shape index (κ1) is 16.2. The van der Waals surface area contributed by atoms with E-state index in [0.717, 1.165) is 41.4 Å². The number of hydrogen-bond donors (Lipinski definition) is 0. The summed E-state index contributed by atoms with van der Waals surface area (Å²) in [5.74, 6) is 1.21. The van der Waals surface area contributed by atoms with Gasteiger partial charge in [0.25, 0.3) is 0 Å². The zero-order chi connectivity index (χ0) is 16.6. The van der Waals surface area contributed by atoms with Gasteiger partial charge in [-0.15, -0.1) is 11.3 Å². The summed E-state index contributed by atoms with van der Waals surface area (Å²) in [6.07, 6.45) is 3.78. The third kappa shape index (κ3) is 3.32. The van der Waals surface area contributed by atoms with Crippen LogP contribution < -0.4 is 0 Å². The number of amides is 1. The van der Waals surface area contributed by atoms with Gasteiger partial charge >= 0.3 is 0 Å². The molecule has 2 aromatic rings. The minimum Gasteiger partial charge on any atom is -0.361 e. The number of carbonyl (C=O) groups excluding carboxylic acids is 1. The minimum atomic E-state index is 0.110. The predicted molar refractivity (Wildman–Crippen MR) is 89.8 cm³/mol. The molecule has 5 nitrogen and oxygen atoms in total. The largest absolute Gasteiger partial charge is 0.361 e. The molecule has 1 aliphatic rings.